The molecule has 2 aromatic heterocycles. The van der Waals surface area contributed by atoms with Crippen LogP contribution in [0.15, 0.2) is 53.0 Å². The molecule has 0 aliphatic rings. The molecule has 0 radical (unpaired) electrons. The van der Waals surface area contributed by atoms with E-state index in [1.54, 1.807) is 34.9 Å². The van der Waals surface area contributed by atoms with Crippen LogP contribution in [0, 0.1) is 13.8 Å². The Kier molecular flexibility index (Phi) is 5.40. The Hall–Kier alpha value is -2.71. The van der Waals surface area contributed by atoms with Gasteiger partial charge in [-0.3, -0.25) is 0 Å². The summed E-state index contributed by atoms with van der Waals surface area (Å²) in [5.74, 6) is 1.52. The predicted molar refractivity (Wildman–Crippen MR) is 112 cm³/mol. The number of benzene rings is 2. The minimum Gasteiger partial charge on any atom is -0.496 e. The molecule has 0 fully saturated rings. The molecule has 0 saturated carbocycles. The Bertz CT molecular complexity index is 1110. The first-order chi connectivity index (χ1) is 13.7. The highest BCUT2D eigenvalue weighted by Crippen LogP contribution is 2.33. The summed E-state index contributed by atoms with van der Waals surface area (Å²) < 4.78 is 7.21. The molecule has 0 unspecified atom stereocenters. The summed E-state index contributed by atoms with van der Waals surface area (Å²) >= 11 is 3.18. The van der Waals surface area contributed by atoms with E-state index in [1.165, 1.54) is 11.1 Å². The van der Waals surface area contributed by atoms with Crippen molar-refractivity contribution in [1.82, 2.24) is 25.2 Å². The van der Waals surface area contributed by atoms with Crippen LogP contribution >= 0.6 is 23.1 Å². The third-order valence-electron chi connectivity index (χ3n) is 4.41. The maximum absolute atomic E-state index is 5.44. The van der Waals surface area contributed by atoms with Gasteiger partial charge in [-0.25, -0.2) is 4.98 Å². The zero-order chi connectivity index (χ0) is 19.5. The fourth-order valence-corrected chi connectivity index (χ4v) is 4.48. The smallest absolute Gasteiger partial charge is 0.214 e. The van der Waals surface area contributed by atoms with E-state index in [4.69, 9.17) is 9.72 Å². The normalized spacial score (nSPS) is 11.0. The third kappa shape index (κ3) is 3.79. The molecular formula is C20H19N5OS2. The van der Waals surface area contributed by atoms with Crippen LogP contribution in [0.5, 0.6) is 5.75 Å². The van der Waals surface area contributed by atoms with E-state index in [0.29, 0.717) is 5.75 Å². The fourth-order valence-electron chi connectivity index (χ4n) is 2.75. The number of hydrogen-bond acceptors (Lipinski definition) is 7. The molecule has 0 saturated heterocycles. The van der Waals surface area contributed by atoms with Crippen molar-refractivity contribution in [3.8, 4) is 22.0 Å². The zero-order valence-electron chi connectivity index (χ0n) is 15.8. The maximum Gasteiger partial charge on any atom is 0.214 e. The molecule has 0 spiro atoms. The van der Waals surface area contributed by atoms with Gasteiger partial charge in [0.1, 0.15) is 10.8 Å². The first-order valence-electron chi connectivity index (χ1n) is 8.72. The lowest BCUT2D eigenvalue weighted by molar-refractivity contribution is 0.416. The van der Waals surface area contributed by atoms with Crippen molar-refractivity contribution in [2.75, 3.05) is 7.11 Å². The predicted octanol–water partition coefficient (Wildman–Crippen LogP) is 4.70. The monoisotopic (exact) mass is 409 g/mol. The largest absolute Gasteiger partial charge is 0.496 e. The van der Waals surface area contributed by atoms with Gasteiger partial charge in [0, 0.05) is 11.1 Å². The van der Waals surface area contributed by atoms with Gasteiger partial charge in [0.15, 0.2) is 0 Å². The van der Waals surface area contributed by atoms with Crippen molar-refractivity contribution in [3.63, 3.8) is 0 Å². The molecule has 0 N–H and O–H groups in total. The van der Waals surface area contributed by atoms with Crippen LogP contribution < -0.4 is 4.74 Å². The van der Waals surface area contributed by atoms with Gasteiger partial charge >= 0.3 is 0 Å². The average molecular weight is 410 g/mol. The molecule has 8 heteroatoms. The van der Waals surface area contributed by atoms with Gasteiger partial charge in [0.2, 0.25) is 5.16 Å². The van der Waals surface area contributed by atoms with E-state index in [1.807, 2.05) is 30.3 Å². The fraction of sp³-hybridized carbons (Fsp3) is 0.200. The number of aromatic nitrogens is 5. The molecule has 28 heavy (non-hydrogen) atoms. The number of nitrogens with zero attached hydrogens (tertiary/aromatic N) is 5. The van der Waals surface area contributed by atoms with Crippen molar-refractivity contribution < 1.29 is 4.74 Å². The van der Waals surface area contributed by atoms with Crippen molar-refractivity contribution in [3.05, 3.63) is 64.7 Å². The Morgan fingerprint density at radius 3 is 2.79 bits per heavy atom. The van der Waals surface area contributed by atoms with Crippen LogP contribution in [0.3, 0.4) is 0 Å². The lowest BCUT2D eigenvalue weighted by Crippen LogP contribution is -2.00. The molecule has 0 bridgehead atoms. The molecule has 0 aliphatic carbocycles. The minimum atomic E-state index is 0.691. The molecule has 4 rings (SSSR count). The van der Waals surface area contributed by atoms with Crippen molar-refractivity contribution in [1.29, 1.82) is 0 Å². The second kappa shape index (κ2) is 8.12. The number of thiazole rings is 1. The van der Waals surface area contributed by atoms with Gasteiger partial charge in [-0.15, -0.1) is 16.4 Å². The quantitative estimate of drug-likeness (QED) is 0.430. The second-order valence-corrected chi connectivity index (χ2v) is 8.08. The average Bonchev–Trinajstić information content (AvgIpc) is 3.38. The van der Waals surface area contributed by atoms with Gasteiger partial charge in [-0.1, -0.05) is 30.0 Å². The summed E-state index contributed by atoms with van der Waals surface area (Å²) in [6.07, 6.45) is 0. The van der Waals surface area contributed by atoms with Crippen LogP contribution in [-0.4, -0.2) is 32.3 Å². The van der Waals surface area contributed by atoms with Crippen LogP contribution in [0.4, 0.5) is 0 Å². The first kappa shape index (κ1) is 18.6. The number of methoxy groups -OCH3 is 1. The molecule has 0 aliphatic heterocycles. The number of ether oxygens (including phenoxy) is 1. The van der Waals surface area contributed by atoms with Crippen molar-refractivity contribution >= 4 is 23.1 Å². The molecule has 2 heterocycles. The van der Waals surface area contributed by atoms with Crippen LogP contribution in [0.25, 0.3) is 16.3 Å². The SMILES string of the molecule is COc1ccccc1-c1nc(CSc2nnnn2-c2ccc(C)c(C)c2)cs1. The maximum atomic E-state index is 5.44. The molecule has 2 aromatic carbocycles. The molecular weight excluding hydrogens is 390 g/mol. The summed E-state index contributed by atoms with van der Waals surface area (Å²) in [5, 5.41) is 15.9. The van der Waals surface area contributed by atoms with E-state index in [9.17, 15) is 0 Å². The van der Waals surface area contributed by atoms with E-state index in [0.717, 1.165) is 32.9 Å². The highest BCUT2D eigenvalue weighted by molar-refractivity contribution is 7.98. The lowest BCUT2D eigenvalue weighted by Gasteiger charge is -2.06. The molecule has 142 valence electrons. The van der Waals surface area contributed by atoms with Gasteiger partial charge < -0.3 is 4.74 Å². The molecule has 4 aromatic rings. The highest BCUT2D eigenvalue weighted by atomic mass is 32.2. The Labute approximate surface area is 171 Å². The number of tetrazole rings is 1. The third-order valence-corrected chi connectivity index (χ3v) is 6.29. The van der Waals surface area contributed by atoms with Crippen LogP contribution in [0.1, 0.15) is 16.8 Å². The minimum absolute atomic E-state index is 0.691. The zero-order valence-corrected chi connectivity index (χ0v) is 17.4. The topological polar surface area (TPSA) is 65.7 Å². The number of hydrogen-bond donors (Lipinski definition) is 0. The van der Waals surface area contributed by atoms with Gasteiger partial charge in [0.25, 0.3) is 0 Å². The van der Waals surface area contributed by atoms with E-state index in [2.05, 4.69) is 46.9 Å². The highest BCUT2D eigenvalue weighted by Gasteiger charge is 2.13. The van der Waals surface area contributed by atoms with E-state index in [-0.39, 0.29) is 0 Å². The van der Waals surface area contributed by atoms with Crippen LogP contribution in [-0.2, 0) is 5.75 Å². The van der Waals surface area contributed by atoms with E-state index >= 15 is 0 Å². The summed E-state index contributed by atoms with van der Waals surface area (Å²) in [6.45, 7) is 4.18. The Morgan fingerprint density at radius 1 is 1.11 bits per heavy atom. The standard InChI is InChI=1S/C20H19N5OS2/c1-13-8-9-16(10-14(13)2)25-20(22-23-24-25)28-12-15-11-27-19(21-15)17-6-4-5-7-18(17)26-3/h4-11H,12H2,1-3H3. The molecule has 0 atom stereocenters. The first-order valence-corrected chi connectivity index (χ1v) is 10.6. The summed E-state index contributed by atoms with van der Waals surface area (Å²) in [7, 11) is 1.68. The van der Waals surface area contributed by atoms with Gasteiger partial charge in [-0.2, -0.15) is 4.68 Å². The van der Waals surface area contributed by atoms with Gasteiger partial charge in [0.05, 0.1) is 24.1 Å². The molecule has 0 amide bonds. The number of rotatable bonds is 6. The lowest BCUT2D eigenvalue weighted by atomic mass is 10.1. The summed E-state index contributed by atoms with van der Waals surface area (Å²) in [4.78, 5) is 4.76. The number of aryl methyl sites for hydroxylation is 2. The van der Waals surface area contributed by atoms with Crippen molar-refractivity contribution in [2.24, 2.45) is 0 Å². The number of para-hydroxylation sites is 1. The Balaban J connectivity index is 1.51. The van der Waals surface area contributed by atoms with E-state index < -0.39 is 0 Å². The van der Waals surface area contributed by atoms with Gasteiger partial charge in [-0.05, 0) is 59.7 Å². The molecule has 6 nitrogen and oxygen atoms in total. The van der Waals surface area contributed by atoms with Crippen LogP contribution in [0.2, 0.25) is 0 Å². The van der Waals surface area contributed by atoms with Crippen molar-refractivity contribution in [2.45, 2.75) is 24.8 Å². The second-order valence-electron chi connectivity index (χ2n) is 6.27. The Morgan fingerprint density at radius 2 is 1.96 bits per heavy atom. The summed E-state index contributed by atoms with van der Waals surface area (Å²) in [6, 6.07) is 14.1. The summed E-state index contributed by atoms with van der Waals surface area (Å²) in [5.41, 5.74) is 5.42. The number of thioether (sulfide) groups is 1.